The Bertz CT molecular complexity index is 1090. The summed E-state index contributed by atoms with van der Waals surface area (Å²) in [6.07, 6.45) is 0. The number of methoxy groups -OCH3 is 1. The molecule has 0 atom stereocenters. The molecular weight excluding hydrogens is 409 g/mol. The molecule has 0 spiro atoms. The minimum Gasteiger partial charge on any atom is -0.465 e. The number of carbonyl (C=O) groups is 2. The number of ether oxygens (including phenoxy) is 1. The van der Waals surface area contributed by atoms with E-state index in [9.17, 15) is 14.4 Å². The number of hydrogen-bond donors (Lipinski definition) is 0. The smallest absolute Gasteiger partial charge is 0.377 e. The summed E-state index contributed by atoms with van der Waals surface area (Å²) in [5.41, 5.74) is 0.0384. The van der Waals surface area contributed by atoms with Crippen molar-refractivity contribution in [1.29, 1.82) is 0 Å². The fraction of sp³-hybridized carbons (Fsp3) is 0.118. The molecule has 1 amide bonds. The zero-order chi connectivity index (χ0) is 20.4. The van der Waals surface area contributed by atoms with Gasteiger partial charge >= 0.3 is 17.7 Å². The van der Waals surface area contributed by atoms with Crippen LogP contribution in [0.15, 0.2) is 47.3 Å². The highest BCUT2D eigenvalue weighted by atomic mass is 35.5. The molecule has 0 aliphatic carbocycles. The lowest BCUT2D eigenvalue weighted by Gasteiger charge is -2.16. The van der Waals surface area contributed by atoms with E-state index in [1.165, 1.54) is 55.5 Å². The van der Waals surface area contributed by atoms with Crippen LogP contribution in [0.4, 0.5) is 10.5 Å². The highest BCUT2D eigenvalue weighted by molar-refractivity contribution is 6.37. The minimum absolute atomic E-state index is 0.125. The Morgan fingerprint density at radius 3 is 2.21 bits per heavy atom. The number of halogens is 2. The Morgan fingerprint density at radius 1 is 1.04 bits per heavy atom. The molecule has 3 rings (SSSR count). The Morgan fingerprint density at radius 2 is 1.64 bits per heavy atom. The van der Waals surface area contributed by atoms with Crippen LogP contribution in [0.3, 0.4) is 0 Å². The average Bonchev–Trinajstić information content (AvgIpc) is 3.07. The first-order valence-corrected chi connectivity index (χ1v) is 8.56. The molecule has 1 heterocycles. The second-order valence-corrected chi connectivity index (χ2v) is 6.35. The van der Waals surface area contributed by atoms with Gasteiger partial charge in [0, 0.05) is 12.7 Å². The largest absolute Gasteiger partial charge is 0.465 e. The van der Waals surface area contributed by atoms with Gasteiger partial charge in [-0.1, -0.05) is 29.3 Å². The molecule has 9 nitrogen and oxygen atoms in total. The highest BCUT2D eigenvalue weighted by Crippen LogP contribution is 2.26. The summed E-state index contributed by atoms with van der Waals surface area (Å²) in [5, 5.41) is 7.67. The number of amides is 1. The van der Waals surface area contributed by atoms with Gasteiger partial charge in [0.15, 0.2) is 0 Å². The van der Waals surface area contributed by atoms with Crippen molar-refractivity contribution < 1.29 is 14.3 Å². The molecule has 0 N–H and O–H groups in total. The quantitative estimate of drug-likeness (QED) is 0.475. The van der Waals surface area contributed by atoms with Crippen LogP contribution in [0.2, 0.25) is 10.0 Å². The maximum absolute atomic E-state index is 12.7. The van der Waals surface area contributed by atoms with Crippen molar-refractivity contribution in [3.8, 4) is 5.69 Å². The summed E-state index contributed by atoms with van der Waals surface area (Å²) in [6.45, 7) is 0. The number of benzene rings is 2. The number of anilines is 1. The molecule has 144 valence electrons. The van der Waals surface area contributed by atoms with Gasteiger partial charge in [-0.25, -0.2) is 14.4 Å². The zero-order valence-electron chi connectivity index (χ0n) is 14.7. The summed E-state index contributed by atoms with van der Waals surface area (Å²) in [4.78, 5) is 38.0. The third-order valence-corrected chi connectivity index (χ3v) is 4.48. The van der Waals surface area contributed by atoms with Gasteiger partial charge in [-0.15, -0.1) is 4.68 Å². The van der Waals surface area contributed by atoms with Crippen LogP contribution in [-0.4, -0.2) is 45.9 Å². The predicted octanol–water partition coefficient (Wildman–Crippen LogP) is 2.63. The van der Waals surface area contributed by atoms with Gasteiger partial charge in [0.1, 0.15) is 5.69 Å². The second-order valence-electron chi connectivity index (χ2n) is 5.54. The van der Waals surface area contributed by atoms with Gasteiger partial charge < -0.3 is 4.74 Å². The van der Waals surface area contributed by atoms with Crippen LogP contribution in [0, 0.1) is 0 Å². The lowest BCUT2D eigenvalue weighted by atomic mass is 10.2. The van der Waals surface area contributed by atoms with Crippen LogP contribution in [0.5, 0.6) is 0 Å². The third kappa shape index (κ3) is 3.49. The maximum atomic E-state index is 12.7. The molecular formula is C17H13Cl2N5O4. The van der Waals surface area contributed by atoms with Crippen LogP contribution in [0.1, 0.15) is 10.4 Å². The predicted molar refractivity (Wildman–Crippen MR) is 103 cm³/mol. The highest BCUT2D eigenvalue weighted by Gasteiger charge is 2.22. The van der Waals surface area contributed by atoms with E-state index in [0.717, 1.165) is 4.68 Å². The number of aromatic nitrogens is 4. The van der Waals surface area contributed by atoms with Crippen molar-refractivity contribution in [3.05, 3.63) is 68.6 Å². The van der Waals surface area contributed by atoms with E-state index in [2.05, 4.69) is 15.2 Å². The maximum Gasteiger partial charge on any atom is 0.377 e. The lowest BCUT2D eigenvalue weighted by molar-refractivity contribution is 0.0600. The molecule has 0 fully saturated rings. The molecule has 0 aliphatic heterocycles. The van der Waals surface area contributed by atoms with Gasteiger partial charge in [0.05, 0.1) is 22.7 Å². The fourth-order valence-electron chi connectivity index (χ4n) is 2.39. The van der Waals surface area contributed by atoms with Crippen molar-refractivity contribution >= 4 is 40.9 Å². The second kappa shape index (κ2) is 7.83. The molecule has 0 bridgehead atoms. The van der Waals surface area contributed by atoms with E-state index in [1.54, 1.807) is 6.07 Å². The van der Waals surface area contributed by atoms with E-state index in [0.29, 0.717) is 15.9 Å². The summed E-state index contributed by atoms with van der Waals surface area (Å²) in [6, 6.07) is 9.97. The SMILES string of the molecule is COC(=O)c1ccc(N(C)C(=O)n2nnn(-c3c(Cl)cccc3Cl)c2=O)cc1. The summed E-state index contributed by atoms with van der Waals surface area (Å²) in [7, 11) is 2.72. The Hall–Kier alpha value is -3.17. The zero-order valence-corrected chi connectivity index (χ0v) is 16.2. The van der Waals surface area contributed by atoms with E-state index < -0.39 is 17.7 Å². The first kappa shape index (κ1) is 19.6. The number of hydrogen-bond acceptors (Lipinski definition) is 6. The molecule has 0 saturated carbocycles. The monoisotopic (exact) mass is 421 g/mol. The normalized spacial score (nSPS) is 10.6. The van der Waals surface area contributed by atoms with Crippen LogP contribution < -0.4 is 10.6 Å². The summed E-state index contributed by atoms with van der Waals surface area (Å²) >= 11 is 12.2. The minimum atomic E-state index is -0.835. The third-order valence-electron chi connectivity index (χ3n) is 3.87. The van der Waals surface area contributed by atoms with E-state index in [1.807, 2.05) is 0 Å². The fourth-order valence-corrected chi connectivity index (χ4v) is 2.95. The van der Waals surface area contributed by atoms with Crippen LogP contribution in [0.25, 0.3) is 5.69 Å². The average molecular weight is 422 g/mol. The Kier molecular flexibility index (Phi) is 5.48. The molecule has 1 aromatic heterocycles. The van der Waals surface area contributed by atoms with Crippen LogP contribution >= 0.6 is 23.2 Å². The first-order chi connectivity index (χ1) is 13.3. The van der Waals surface area contributed by atoms with Crippen molar-refractivity contribution in [2.24, 2.45) is 0 Å². The Labute approximate surface area is 168 Å². The number of carbonyl (C=O) groups excluding carboxylic acids is 2. The molecule has 2 aromatic carbocycles. The molecule has 0 saturated heterocycles. The van der Waals surface area contributed by atoms with Gasteiger partial charge in [-0.05, 0) is 46.8 Å². The van der Waals surface area contributed by atoms with E-state index in [4.69, 9.17) is 23.2 Å². The standard InChI is InChI=1S/C17H13Cl2N5O4/c1-22(11-8-6-10(7-9-11)15(25)28-2)16(26)24-17(27)23(20-21-24)14-12(18)4-3-5-13(14)19/h3-9H,1-2H3. The number of nitrogens with zero attached hydrogens (tertiary/aromatic N) is 5. The molecule has 0 radical (unpaired) electrons. The summed E-state index contributed by atoms with van der Waals surface area (Å²) in [5.74, 6) is -0.503. The van der Waals surface area contributed by atoms with Gasteiger partial charge in [0.25, 0.3) is 0 Å². The van der Waals surface area contributed by atoms with Crippen molar-refractivity contribution in [2.75, 3.05) is 19.1 Å². The number of tetrazole rings is 1. The molecule has 0 aliphatic rings. The summed E-state index contributed by atoms with van der Waals surface area (Å²) < 4.78 is 6.05. The van der Waals surface area contributed by atoms with Crippen molar-refractivity contribution in [3.63, 3.8) is 0 Å². The topological polar surface area (TPSA) is 99.3 Å². The molecule has 28 heavy (non-hydrogen) atoms. The first-order valence-electron chi connectivity index (χ1n) is 7.81. The molecule has 0 unspecified atom stereocenters. The van der Waals surface area contributed by atoms with E-state index in [-0.39, 0.29) is 15.7 Å². The number of para-hydroxylation sites is 1. The Balaban J connectivity index is 1.92. The number of rotatable bonds is 3. The van der Waals surface area contributed by atoms with Crippen LogP contribution in [-0.2, 0) is 4.74 Å². The lowest BCUT2D eigenvalue weighted by Crippen LogP contribution is -2.39. The number of esters is 1. The van der Waals surface area contributed by atoms with E-state index >= 15 is 0 Å². The van der Waals surface area contributed by atoms with Gasteiger partial charge in [-0.2, -0.15) is 4.68 Å². The molecule has 3 aromatic rings. The van der Waals surface area contributed by atoms with Crippen molar-refractivity contribution in [2.45, 2.75) is 0 Å². The van der Waals surface area contributed by atoms with Crippen molar-refractivity contribution in [1.82, 2.24) is 19.8 Å². The van der Waals surface area contributed by atoms with Gasteiger partial charge in [-0.3, -0.25) is 4.90 Å². The van der Waals surface area contributed by atoms with Gasteiger partial charge in [0.2, 0.25) is 0 Å². The molecule has 11 heteroatoms.